The van der Waals surface area contributed by atoms with Gasteiger partial charge in [0.15, 0.2) is 0 Å². The molecule has 4 nitrogen and oxygen atoms in total. The summed E-state index contributed by atoms with van der Waals surface area (Å²) in [4.78, 5) is 11.9. The molecule has 1 aliphatic carbocycles. The highest BCUT2D eigenvalue weighted by Gasteiger charge is 2.42. The van der Waals surface area contributed by atoms with Crippen molar-refractivity contribution in [3.63, 3.8) is 0 Å². The number of carbonyl (C=O) groups is 1. The third-order valence-electron chi connectivity index (χ3n) is 4.65. The van der Waals surface area contributed by atoms with Gasteiger partial charge in [0, 0.05) is 18.4 Å². The molecule has 1 saturated carbocycles. The maximum absolute atomic E-state index is 11.9. The van der Waals surface area contributed by atoms with Crippen molar-refractivity contribution in [2.45, 2.75) is 39.0 Å². The van der Waals surface area contributed by atoms with Gasteiger partial charge in [0.2, 0.25) is 5.91 Å². The van der Waals surface area contributed by atoms with E-state index in [1.807, 2.05) is 0 Å². The van der Waals surface area contributed by atoms with Crippen LogP contribution in [0.5, 0.6) is 0 Å². The van der Waals surface area contributed by atoms with Gasteiger partial charge in [0.05, 0.1) is 6.61 Å². The van der Waals surface area contributed by atoms with Crippen molar-refractivity contribution in [2.75, 3.05) is 26.2 Å². The van der Waals surface area contributed by atoms with E-state index >= 15 is 0 Å². The summed E-state index contributed by atoms with van der Waals surface area (Å²) < 4.78 is 0. The maximum atomic E-state index is 11.9. The zero-order chi connectivity index (χ0) is 13.0. The lowest BCUT2D eigenvalue weighted by atomic mass is 9.84. The van der Waals surface area contributed by atoms with E-state index in [4.69, 9.17) is 0 Å². The normalized spacial score (nSPS) is 23.3. The summed E-state index contributed by atoms with van der Waals surface area (Å²) in [5.41, 5.74) is 0.0215. The Bertz CT molecular complexity index is 289. The van der Waals surface area contributed by atoms with Gasteiger partial charge in [-0.05, 0) is 50.6 Å². The van der Waals surface area contributed by atoms with Crippen molar-refractivity contribution < 1.29 is 9.90 Å². The summed E-state index contributed by atoms with van der Waals surface area (Å²) in [5.74, 6) is 1.31. The van der Waals surface area contributed by atoms with E-state index < -0.39 is 0 Å². The van der Waals surface area contributed by atoms with Gasteiger partial charge in [-0.25, -0.2) is 0 Å². The molecule has 1 heterocycles. The minimum Gasteiger partial charge on any atom is -0.396 e. The number of aliphatic hydroxyl groups is 1. The second-order valence-electron chi connectivity index (χ2n) is 6.20. The molecule has 1 aliphatic heterocycles. The number of aliphatic hydroxyl groups excluding tert-OH is 1. The Kier molecular flexibility index (Phi) is 6.57. The van der Waals surface area contributed by atoms with E-state index in [-0.39, 0.29) is 30.3 Å². The monoisotopic (exact) mass is 290 g/mol. The van der Waals surface area contributed by atoms with Crippen molar-refractivity contribution in [1.82, 2.24) is 10.6 Å². The molecule has 0 radical (unpaired) electrons. The average molecular weight is 291 g/mol. The fourth-order valence-corrected chi connectivity index (χ4v) is 2.80. The van der Waals surface area contributed by atoms with Crippen LogP contribution >= 0.6 is 12.4 Å². The number of hydrogen-bond donors (Lipinski definition) is 3. The van der Waals surface area contributed by atoms with E-state index in [9.17, 15) is 9.90 Å². The van der Waals surface area contributed by atoms with Crippen LogP contribution in [0.4, 0.5) is 0 Å². The molecule has 0 spiro atoms. The Balaban J connectivity index is 0.00000180. The smallest absolute Gasteiger partial charge is 0.220 e. The van der Waals surface area contributed by atoms with E-state index in [0.717, 1.165) is 25.9 Å². The number of nitrogens with one attached hydrogen (secondary N) is 2. The van der Waals surface area contributed by atoms with Gasteiger partial charge in [-0.2, -0.15) is 0 Å². The van der Waals surface area contributed by atoms with Gasteiger partial charge in [0.1, 0.15) is 0 Å². The summed E-state index contributed by atoms with van der Waals surface area (Å²) in [5, 5.41) is 15.5. The first-order valence-corrected chi connectivity index (χ1v) is 7.23. The molecule has 1 atom stereocenters. The summed E-state index contributed by atoms with van der Waals surface area (Å²) in [6, 6.07) is 0. The molecule has 0 aromatic carbocycles. The average Bonchev–Trinajstić information content (AvgIpc) is 3.18. The molecule has 3 N–H and O–H groups in total. The Hall–Kier alpha value is -0.320. The Morgan fingerprint density at radius 3 is 2.58 bits per heavy atom. The number of hydrogen-bond acceptors (Lipinski definition) is 3. The second kappa shape index (κ2) is 7.46. The lowest BCUT2D eigenvalue weighted by Gasteiger charge is -2.28. The number of halogens is 1. The second-order valence-corrected chi connectivity index (χ2v) is 6.20. The summed E-state index contributed by atoms with van der Waals surface area (Å²) in [6.45, 7) is 5.22. The highest BCUT2D eigenvalue weighted by molar-refractivity contribution is 5.85. The molecule has 1 saturated heterocycles. The van der Waals surface area contributed by atoms with Crippen LogP contribution in [0.25, 0.3) is 0 Å². The number of piperidine rings is 1. The molecule has 2 rings (SSSR count). The molecular formula is C14H27ClN2O2. The number of carbonyl (C=O) groups excluding carboxylic acids is 1. The van der Waals surface area contributed by atoms with Gasteiger partial charge >= 0.3 is 0 Å². The third-order valence-corrected chi connectivity index (χ3v) is 4.65. The van der Waals surface area contributed by atoms with Crippen molar-refractivity contribution >= 4 is 18.3 Å². The minimum atomic E-state index is 0. The molecule has 1 unspecified atom stereocenters. The zero-order valence-corrected chi connectivity index (χ0v) is 12.6. The summed E-state index contributed by atoms with van der Waals surface area (Å²) in [7, 11) is 0. The quantitative estimate of drug-likeness (QED) is 0.691. The van der Waals surface area contributed by atoms with Crippen molar-refractivity contribution in [3.8, 4) is 0 Å². The Morgan fingerprint density at radius 1 is 1.42 bits per heavy atom. The third kappa shape index (κ3) is 4.93. The topological polar surface area (TPSA) is 61.4 Å². The molecule has 1 amide bonds. The molecule has 5 heteroatoms. The molecule has 0 bridgehead atoms. The lowest BCUT2D eigenvalue weighted by Crippen LogP contribution is -2.35. The molecule has 19 heavy (non-hydrogen) atoms. The van der Waals surface area contributed by atoms with E-state index in [2.05, 4.69) is 17.6 Å². The number of amides is 1. The fourth-order valence-electron chi connectivity index (χ4n) is 2.80. The van der Waals surface area contributed by atoms with E-state index in [1.165, 1.54) is 12.8 Å². The van der Waals surface area contributed by atoms with Crippen LogP contribution in [0.2, 0.25) is 0 Å². The SMILES string of the molecule is CC(CC(=O)NCC1(CO)CC1)C1CCNCC1.Cl. The van der Waals surface area contributed by atoms with Crippen LogP contribution in [-0.4, -0.2) is 37.3 Å². The first-order chi connectivity index (χ1) is 8.65. The van der Waals surface area contributed by atoms with Crippen molar-refractivity contribution in [1.29, 1.82) is 0 Å². The Labute approximate surface area is 122 Å². The lowest BCUT2D eigenvalue weighted by molar-refractivity contribution is -0.122. The van der Waals surface area contributed by atoms with Crippen LogP contribution in [-0.2, 0) is 4.79 Å². The molecule has 0 aromatic heterocycles. The summed E-state index contributed by atoms with van der Waals surface area (Å²) in [6.07, 6.45) is 5.11. The minimum absolute atomic E-state index is 0. The molecule has 112 valence electrons. The summed E-state index contributed by atoms with van der Waals surface area (Å²) >= 11 is 0. The van der Waals surface area contributed by atoms with Gasteiger partial charge in [0.25, 0.3) is 0 Å². The van der Waals surface area contributed by atoms with Gasteiger partial charge in [-0.3, -0.25) is 4.79 Å². The first-order valence-electron chi connectivity index (χ1n) is 7.23. The van der Waals surface area contributed by atoms with Crippen LogP contribution in [0, 0.1) is 17.3 Å². The Morgan fingerprint density at radius 2 is 2.05 bits per heavy atom. The van der Waals surface area contributed by atoms with Crippen LogP contribution in [0.15, 0.2) is 0 Å². The highest BCUT2D eigenvalue weighted by Crippen LogP contribution is 2.44. The standard InChI is InChI=1S/C14H26N2O2.ClH/c1-11(12-2-6-15-7-3-12)8-13(18)16-9-14(10-17)4-5-14;/h11-12,15,17H,2-10H2,1H3,(H,16,18);1H. The van der Waals surface area contributed by atoms with Crippen LogP contribution < -0.4 is 10.6 Å². The highest BCUT2D eigenvalue weighted by atomic mass is 35.5. The van der Waals surface area contributed by atoms with Crippen molar-refractivity contribution in [2.24, 2.45) is 17.3 Å². The molecule has 2 aliphatic rings. The first kappa shape index (κ1) is 16.7. The molecular weight excluding hydrogens is 264 g/mol. The molecule has 0 aromatic rings. The predicted octanol–water partition coefficient (Wildman–Crippen LogP) is 1.32. The van der Waals surface area contributed by atoms with E-state index in [0.29, 0.717) is 24.8 Å². The van der Waals surface area contributed by atoms with E-state index in [1.54, 1.807) is 0 Å². The van der Waals surface area contributed by atoms with Crippen LogP contribution in [0.3, 0.4) is 0 Å². The van der Waals surface area contributed by atoms with Gasteiger partial charge < -0.3 is 15.7 Å². The van der Waals surface area contributed by atoms with Gasteiger partial charge in [-0.15, -0.1) is 12.4 Å². The van der Waals surface area contributed by atoms with Crippen molar-refractivity contribution in [3.05, 3.63) is 0 Å². The fraction of sp³-hybridized carbons (Fsp3) is 0.929. The number of rotatable bonds is 6. The largest absolute Gasteiger partial charge is 0.396 e. The van der Waals surface area contributed by atoms with Crippen LogP contribution in [0.1, 0.15) is 39.0 Å². The molecule has 2 fully saturated rings. The maximum Gasteiger partial charge on any atom is 0.220 e. The zero-order valence-electron chi connectivity index (χ0n) is 11.8. The van der Waals surface area contributed by atoms with Gasteiger partial charge in [-0.1, -0.05) is 6.92 Å². The predicted molar refractivity (Wildman–Crippen MR) is 78.4 cm³/mol.